The zero-order valence-corrected chi connectivity index (χ0v) is 19.1. The number of amides is 1. The van der Waals surface area contributed by atoms with Gasteiger partial charge in [0.1, 0.15) is 17.2 Å². The molecule has 33 heavy (non-hydrogen) atoms. The highest BCUT2D eigenvalue weighted by Crippen LogP contribution is 2.37. The molecule has 176 valence electrons. The van der Waals surface area contributed by atoms with E-state index < -0.39 is 5.91 Å². The Bertz CT molecular complexity index is 981. The molecule has 0 aliphatic carbocycles. The summed E-state index contributed by atoms with van der Waals surface area (Å²) in [5, 5.41) is 8.50. The number of fused-ring (bicyclic) bond motifs is 1. The number of carbonyl (C=O) groups excluding carboxylic acids is 2. The summed E-state index contributed by atoms with van der Waals surface area (Å²) in [5.41, 5.74) is 4.41. The van der Waals surface area contributed by atoms with Gasteiger partial charge >= 0.3 is 5.97 Å². The summed E-state index contributed by atoms with van der Waals surface area (Å²) in [7, 11) is 0. The van der Waals surface area contributed by atoms with E-state index in [1.807, 2.05) is 36.4 Å². The molecule has 0 spiro atoms. The Labute approximate surface area is 194 Å². The predicted molar refractivity (Wildman–Crippen MR) is 125 cm³/mol. The second kappa shape index (κ2) is 12.1. The summed E-state index contributed by atoms with van der Waals surface area (Å²) < 4.78 is 17.4. The third-order valence-electron chi connectivity index (χ3n) is 5.32. The van der Waals surface area contributed by atoms with E-state index >= 15 is 0 Å². The van der Waals surface area contributed by atoms with E-state index in [-0.39, 0.29) is 5.97 Å². The van der Waals surface area contributed by atoms with Crippen molar-refractivity contribution in [2.24, 2.45) is 5.92 Å². The standard InChI is InChI=1S/C26H31NO6/c1-18(2)4-12-22-23(13-8-20-9-15-25(29)33-26(20)22)32-17-3-16-31-21-10-5-19(6-11-21)7-14-24(28)27-30/h5-8,10-11,13-14,18,30H,3-4,9,12,15-17H2,1-2H3,(H,27,28)/b14-7+. The SMILES string of the molecule is CC(C)CCc1c(OCCCOc2ccc(/C=C/C(=O)NO)cc2)ccc2c1OC(=O)CC2. The van der Waals surface area contributed by atoms with E-state index in [1.54, 1.807) is 11.6 Å². The first-order valence-electron chi connectivity index (χ1n) is 11.3. The Morgan fingerprint density at radius 1 is 1.12 bits per heavy atom. The summed E-state index contributed by atoms with van der Waals surface area (Å²) in [4.78, 5) is 22.9. The number of aryl methyl sites for hydroxylation is 1. The zero-order valence-electron chi connectivity index (χ0n) is 19.1. The fraction of sp³-hybridized carbons (Fsp3) is 0.385. The molecule has 1 amide bonds. The molecule has 0 radical (unpaired) electrons. The van der Waals surface area contributed by atoms with Gasteiger partial charge in [0.2, 0.25) is 0 Å². The summed E-state index contributed by atoms with van der Waals surface area (Å²) in [6.07, 6.45) is 6.45. The Morgan fingerprint density at radius 2 is 1.88 bits per heavy atom. The van der Waals surface area contributed by atoms with Crippen molar-refractivity contribution < 1.29 is 29.0 Å². The Balaban J connectivity index is 1.52. The van der Waals surface area contributed by atoms with Crippen molar-refractivity contribution in [3.63, 3.8) is 0 Å². The number of hydroxylamine groups is 1. The average Bonchev–Trinajstić information content (AvgIpc) is 2.81. The molecular formula is C26H31NO6. The lowest BCUT2D eigenvalue weighted by atomic mass is 9.96. The van der Waals surface area contributed by atoms with Gasteiger partial charge in [-0.2, -0.15) is 0 Å². The highest BCUT2D eigenvalue weighted by Gasteiger charge is 2.23. The molecule has 2 aromatic rings. The van der Waals surface area contributed by atoms with Gasteiger partial charge < -0.3 is 14.2 Å². The minimum Gasteiger partial charge on any atom is -0.493 e. The van der Waals surface area contributed by atoms with Crippen LogP contribution in [-0.4, -0.2) is 30.3 Å². The number of esters is 1. The van der Waals surface area contributed by atoms with Crippen LogP contribution in [0, 0.1) is 5.92 Å². The molecule has 1 aliphatic rings. The zero-order chi connectivity index (χ0) is 23.6. The Morgan fingerprint density at radius 3 is 2.61 bits per heavy atom. The number of carbonyl (C=O) groups is 2. The topological polar surface area (TPSA) is 94.1 Å². The second-order valence-corrected chi connectivity index (χ2v) is 8.37. The number of ether oxygens (including phenoxy) is 3. The van der Waals surface area contributed by atoms with Gasteiger partial charge in [-0.05, 0) is 60.6 Å². The van der Waals surface area contributed by atoms with Crippen LogP contribution in [0.1, 0.15) is 49.8 Å². The van der Waals surface area contributed by atoms with Crippen molar-refractivity contribution in [2.75, 3.05) is 13.2 Å². The molecule has 0 saturated heterocycles. The van der Waals surface area contributed by atoms with Crippen LogP contribution < -0.4 is 19.7 Å². The summed E-state index contributed by atoms with van der Waals surface area (Å²) in [5.74, 6) is 1.95. The van der Waals surface area contributed by atoms with Gasteiger partial charge in [0, 0.05) is 18.1 Å². The summed E-state index contributed by atoms with van der Waals surface area (Å²) in [6.45, 7) is 5.32. The molecule has 3 rings (SSSR count). The highest BCUT2D eigenvalue weighted by atomic mass is 16.5. The molecule has 0 saturated carbocycles. The van der Waals surface area contributed by atoms with Gasteiger partial charge in [0.25, 0.3) is 5.91 Å². The van der Waals surface area contributed by atoms with Crippen LogP contribution in [0.15, 0.2) is 42.5 Å². The maximum Gasteiger partial charge on any atom is 0.311 e. The van der Waals surface area contributed by atoms with Crippen LogP contribution in [-0.2, 0) is 22.4 Å². The van der Waals surface area contributed by atoms with Gasteiger partial charge in [0.15, 0.2) is 0 Å². The van der Waals surface area contributed by atoms with Crippen LogP contribution in [0.3, 0.4) is 0 Å². The minimum atomic E-state index is -0.584. The lowest BCUT2D eigenvalue weighted by Gasteiger charge is -2.22. The molecule has 7 heteroatoms. The van der Waals surface area contributed by atoms with E-state index in [1.165, 1.54) is 6.08 Å². The Kier molecular flexibility index (Phi) is 8.89. The molecule has 2 aromatic carbocycles. The van der Waals surface area contributed by atoms with Gasteiger partial charge in [-0.3, -0.25) is 14.8 Å². The number of hydrogen-bond acceptors (Lipinski definition) is 6. The van der Waals surface area contributed by atoms with Crippen LogP contribution in [0.25, 0.3) is 6.08 Å². The normalized spacial score (nSPS) is 13.0. The van der Waals surface area contributed by atoms with E-state index in [0.29, 0.717) is 44.1 Å². The number of rotatable bonds is 11. The van der Waals surface area contributed by atoms with Crippen LogP contribution in [0.2, 0.25) is 0 Å². The largest absolute Gasteiger partial charge is 0.493 e. The number of nitrogens with one attached hydrogen (secondary N) is 1. The first-order valence-corrected chi connectivity index (χ1v) is 11.3. The van der Waals surface area contributed by atoms with Crippen LogP contribution in [0.5, 0.6) is 17.2 Å². The van der Waals surface area contributed by atoms with Crippen molar-refractivity contribution >= 4 is 18.0 Å². The van der Waals surface area contributed by atoms with E-state index in [9.17, 15) is 9.59 Å². The lowest BCUT2D eigenvalue weighted by molar-refractivity contribution is -0.135. The molecule has 1 heterocycles. The first-order chi connectivity index (χ1) is 16.0. The van der Waals surface area contributed by atoms with Crippen LogP contribution >= 0.6 is 0 Å². The van der Waals surface area contributed by atoms with Crippen molar-refractivity contribution in [1.29, 1.82) is 0 Å². The van der Waals surface area contributed by atoms with Crippen molar-refractivity contribution in [1.82, 2.24) is 5.48 Å². The fourth-order valence-electron chi connectivity index (χ4n) is 3.50. The van der Waals surface area contributed by atoms with Gasteiger partial charge in [-0.25, -0.2) is 5.48 Å². The fourth-order valence-corrected chi connectivity index (χ4v) is 3.50. The quantitative estimate of drug-likeness (QED) is 0.130. The molecule has 0 bridgehead atoms. The van der Waals surface area contributed by atoms with Crippen molar-refractivity contribution in [3.05, 3.63) is 59.2 Å². The molecule has 2 N–H and O–H groups in total. The lowest BCUT2D eigenvalue weighted by Crippen LogP contribution is -2.18. The van der Waals surface area contributed by atoms with E-state index in [4.69, 9.17) is 19.4 Å². The smallest absolute Gasteiger partial charge is 0.311 e. The van der Waals surface area contributed by atoms with Crippen LogP contribution in [0.4, 0.5) is 0 Å². The predicted octanol–water partition coefficient (Wildman–Crippen LogP) is 4.49. The third kappa shape index (κ3) is 7.36. The molecule has 1 aliphatic heterocycles. The van der Waals surface area contributed by atoms with Crippen molar-refractivity contribution in [2.45, 2.75) is 46.0 Å². The minimum absolute atomic E-state index is 0.183. The molecule has 0 atom stereocenters. The summed E-state index contributed by atoms with van der Waals surface area (Å²) in [6, 6.07) is 11.3. The molecular weight excluding hydrogens is 422 g/mol. The van der Waals surface area contributed by atoms with E-state index in [2.05, 4.69) is 13.8 Å². The monoisotopic (exact) mass is 453 g/mol. The van der Waals surface area contributed by atoms with Gasteiger partial charge in [-0.15, -0.1) is 0 Å². The maximum absolute atomic E-state index is 11.9. The number of hydrogen-bond donors (Lipinski definition) is 2. The van der Waals surface area contributed by atoms with Gasteiger partial charge in [-0.1, -0.05) is 32.0 Å². The average molecular weight is 454 g/mol. The summed E-state index contributed by atoms with van der Waals surface area (Å²) >= 11 is 0. The molecule has 7 nitrogen and oxygen atoms in total. The van der Waals surface area contributed by atoms with E-state index in [0.717, 1.165) is 41.0 Å². The second-order valence-electron chi connectivity index (χ2n) is 8.37. The number of benzene rings is 2. The third-order valence-corrected chi connectivity index (χ3v) is 5.32. The van der Waals surface area contributed by atoms with Crippen molar-refractivity contribution in [3.8, 4) is 17.2 Å². The molecule has 0 fully saturated rings. The molecule has 0 unspecified atom stereocenters. The van der Waals surface area contributed by atoms with Gasteiger partial charge in [0.05, 0.1) is 19.6 Å². The molecule has 0 aromatic heterocycles. The first kappa shape index (κ1) is 24.3. The maximum atomic E-state index is 11.9. The highest BCUT2D eigenvalue weighted by molar-refractivity contribution is 5.90. The Hall–Kier alpha value is -3.32.